The number of nitro benzene ring substituents is 2. The van der Waals surface area contributed by atoms with Gasteiger partial charge in [-0.25, -0.2) is 0 Å². The molecule has 1 fully saturated rings. The number of hydrogen-bond acceptors (Lipinski definition) is 7. The topological polar surface area (TPSA) is 120 Å². The molecular weight excluding hydrogens is 268 g/mol. The summed E-state index contributed by atoms with van der Waals surface area (Å²) in [6, 6.07) is 3.59. The minimum Gasteiger partial charge on any atom is -0.378 e. The molecule has 108 valence electrons. The van der Waals surface area contributed by atoms with Crippen LogP contribution in [0, 0.1) is 20.2 Å². The van der Waals surface area contributed by atoms with Gasteiger partial charge in [0.05, 0.1) is 29.1 Å². The summed E-state index contributed by atoms with van der Waals surface area (Å²) in [6.07, 6.45) is 0. The van der Waals surface area contributed by atoms with Crippen molar-refractivity contribution >= 4 is 17.1 Å². The minimum atomic E-state index is -0.659. The molecule has 20 heavy (non-hydrogen) atoms. The lowest BCUT2D eigenvalue weighted by Gasteiger charge is -2.24. The zero-order chi connectivity index (χ0) is 14.5. The number of nitrogens with one attached hydrogen (secondary N) is 2. The average Bonchev–Trinajstić information content (AvgIpc) is 2.45. The van der Waals surface area contributed by atoms with E-state index in [1.54, 1.807) is 0 Å². The summed E-state index contributed by atoms with van der Waals surface area (Å²) in [5.74, 6) is 0. The number of morpholine rings is 1. The fourth-order valence-electron chi connectivity index (χ4n) is 1.92. The van der Waals surface area contributed by atoms with E-state index in [0.29, 0.717) is 19.8 Å². The fraction of sp³-hybridized carbons (Fsp3) is 0.455. The molecule has 2 rings (SSSR count). The Labute approximate surface area is 114 Å². The molecule has 1 aliphatic rings. The van der Waals surface area contributed by atoms with Crippen LogP contribution in [-0.2, 0) is 4.74 Å². The fourth-order valence-corrected chi connectivity index (χ4v) is 1.92. The SMILES string of the molecule is O=[N+]([O-])c1ccc(NCC2COCCN2)c([N+](=O)[O-])c1. The maximum absolute atomic E-state index is 11.0. The van der Waals surface area contributed by atoms with Crippen molar-refractivity contribution in [3.05, 3.63) is 38.4 Å². The van der Waals surface area contributed by atoms with Crippen LogP contribution in [0.15, 0.2) is 18.2 Å². The van der Waals surface area contributed by atoms with E-state index in [2.05, 4.69) is 10.6 Å². The molecule has 1 saturated heterocycles. The number of nitrogens with zero attached hydrogens (tertiary/aromatic N) is 2. The summed E-state index contributed by atoms with van der Waals surface area (Å²) in [6.45, 7) is 2.34. The zero-order valence-electron chi connectivity index (χ0n) is 10.6. The Morgan fingerprint density at radius 2 is 2.15 bits per heavy atom. The first-order valence-corrected chi connectivity index (χ1v) is 6.06. The summed E-state index contributed by atoms with van der Waals surface area (Å²) in [5, 5.41) is 27.7. The largest absolute Gasteiger partial charge is 0.378 e. The zero-order valence-corrected chi connectivity index (χ0v) is 10.6. The average molecular weight is 282 g/mol. The Bertz CT molecular complexity index is 516. The van der Waals surface area contributed by atoms with Crippen molar-refractivity contribution in [1.29, 1.82) is 0 Å². The third-order valence-electron chi connectivity index (χ3n) is 2.93. The number of benzene rings is 1. The van der Waals surface area contributed by atoms with Crippen molar-refractivity contribution in [3.63, 3.8) is 0 Å². The van der Waals surface area contributed by atoms with Gasteiger partial charge in [-0.05, 0) is 6.07 Å². The molecule has 0 aliphatic carbocycles. The first-order valence-electron chi connectivity index (χ1n) is 6.06. The van der Waals surface area contributed by atoms with Crippen LogP contribution >= 0.6 is 0 Å². The number of hydrogen-bond donors (Lipinski definition) is 2. The van der Waals surface area contributed by atoms with Gasteiger partial charge in [0.15, 0.2) is 0 Å². The van der Waals surface area contributed by atoms with E-state index in [-0.39, 0.29) is 23.1 Å². The predicted octanol–water partition coefficient (Wildman–Crippen LogP) is 0.903. The van der Waals surface area contributed by atoms with E-state index in [0.717, 1.165) is 12.6 Å². The molecule has 1 heterocycles. The van der Waals surface area contributed by atoms with Gasteiger partial charge < -0.3 is 15.4 Å². The molecule has 9 nitrogen and oxygen atoms in total. The van der Waals surface area contributed by atoms with Crippen LogP contribution in [0.4, 0.5) is 17.1 Å². The molecule has 0 bridgehead atoms. The summed E-state index contributed by atoms with van der Waals surface area (Å²) in [7, 11) is 0. The molecule has 1 aromatic rings. The van der Waals surface area contributed by atoms with Gasteiger partial charge in [0.1, 0.15) is 5.69 Å². The molecule has 1 aliphatic heterocycles. The summed E-state index contributed by atoms with van der Waals surface area (Å²) < 4.78 is 5.27. The molecule has 1 atom stereocenters. The Kier molecular flexibility index (Phi) is 4.43. The molecule has 0 spiro atoms. The Balaban J connectivity index is 2.09. The highest BCUT2D eigenvalue weighted by Crippen LogP contribution is 2.28. The van der Waals surface area contributed by atoms with Gasteiger partial charge in [0.25, 0.3) is 11.4 Å². The Morgan fingerprint density at radius 3 is 2.75 bits per heavy atom. The third-order valence-corrected chi connectivity index (χ3v) is 2.93. The quantitative estimate of drug-likeness (QED) is 0.608. The highest BCUT2D eigenvalue weighted by Gasteiger charge is 2.20. The number of nitro groups is 2. The maximum atomic E-state index is 11.0. The number of ether oxygens (including phenoxy) is 1. The van der Waals surface area contributed by atoms with Gasteiger partial charge in [0, 0.05) is 25.2 Å². The molecule has 9 heteroatoms. The maximum Gasteiger partial charge on any atom is 0.299 e. The van der Waals surface area contributed by atoms with Crippen LogP contribution in [0.25, 0.3) is 0 Å². The standard InChI is InChI=1S/C11H14N4O5/c16-14(17)9-1-2-10(11(5-9)15(18)19)13-6-8-7-20-4-3-12-8/h1-2,5,8,12-13H,3-4,6-7H2. The first-order chi connectivity index (χ1) is 9.58. The highest BCUT2D eigenvalue weighted by molar-refractivity contribution is 5.65. The van der Waals surface area contributed by atoms with Crippen molar-refractivity contribution in [3.8, 4) is 0 Å². The molecule has 0 radical (unpaired) electrons. The van der Waals surface area contributed by atoms with Crippen LogP contribution in [0.5, 0.6) is 0 Å². The molecule has 2 N–H and O–H groups in total. The lowest BCUT2D eigenvalue weighted by Crippen LogP contribution is -2.45. The number of anilines is 1. The van der Waals surface area contributed by atoms with E-state index >= 15 is 0 Å². The highest BCUT2D eigenvalue weighted by atomic mass is 16.6. The van der Waals surface area contributed by atoms with E-state index in [4.69, 9.17) is 4.74 Å². The van der Waals surface area contributed by atoms with Crippen molar-refractivity contribution in [2.24, 2.45) is 0 Å². The Hall–Kier alpha value is -2.26. The second kappa shape index (κ2) is 6.26. The molecule has 0 saturated carbocycles. The van der Waals surface area contributed by atoms with Crippen LogP contribution in [0.1, 0.15) is 0 Å². The van der Waals surface area contributed by atoms with Crippen LogP contribution in [-0.4, -0.2) is 42.2 Å². The van der Waals surface area contributed by atoms with Crippen LogP contribution in [0.3, 0.4) is 0 Å². The third kappa shape index (κ3) is 3.39. The number of rotatable bonds is 5. The van der Waals surface area contributed by atoms with Crippen molar-refractivity contribution in [2.45, 2.75) is 6.04 Å². The van der Waals surface area contributed by atoms with Crippen molar-refractivity contribution < 1.29 is 14.6 Å². The molecule has 1 aromatic carbocycles. The molecule has 1 unspecified atom stereocenters. The molecular formula is C11H14N4O5. The summed E-state index contributed by atoms with van der Waals surface area (Å²) in [5.41, 5.74) is -0.356. The van der Waals surface area contributed by atoms with E-state index in [9.17, 15) is 20.2 Å². The normalized spacial score (nSPS) is 18.5. The van der Waals surface area contributed by atoms with Gasteiger partial charge in [-0.2, -0.15) is 0 Å². The minimum absolute atomic E-state index is 0.0542. The number of non-ortho nitro benzene ring substituents is 1. The van der Waals surface area contributed by atoms with Crippen LogP contribution in [0.2, 0.25) is 0 Å². The van der Waals surface area contributed by atoms with Crippen molar-refractivity contribution in [1.82, 2.24) is 5.32 Å². The van der Waals surface area contributed by atoms with E-state index in [1.807, 2.05) is 0 Å². The van der Waals surface area contributed by atoms with Gasteiger partial charge in [-0.3, -0.25) is 20.2 Å². The lowest BCUT2D eigenvalue weighted by molar-refractivity contribution is -0.393. The van der Waals surface area contributed by atoms with E-state index < -0.39 is 9.85 Å². The molecule has 0 amide bonds. The van der Waals surface area contributed by atoms with Crippen LogP contribution < -0.4 is 10.6 Å². The smallest absolute Gasteiger partial charge is 0.299 e. The second-order valence-electron chi connectivity index (χ2n) is 4.32. The van der Waals surface area contributed by atoms with E-state index in [1.165, 1.54) is 12.1 Å². The van der Waals surface area contributed by atoms with Gasteiger partial charge >= 0.3 is 0 Å². The lowest BCUT2D eigenvalue weighted by atomic mass is 10.2. The van der Waals surface area contributed by atoms with Gasteiger partial charge in [0.2, 0.25) is 0 Å². The summed E-state index contributed by atoms with van der Waals surface area (Å²) >= 11 is 0. The first kappa shape index (κ1) is 14.2. The van der Waals surface area contributed by atoms with Gasteiger partial charge in [-0.1, -0.05) is 0 Å². The van der Waals surface area contributed by atoms with Crippen molar-refractivity contribution in [2.75, 3.05) is 31.6 Å². The van der Waals surface area contributed by atoms with Gasteiger partial charge in [-0.15, -0.1) is 0 Å². The predicted molar refractivity (Wildman–Crippen MR) is 70.9 cm³/mol. The monoisotopic (exact) mass is 282 g/mol. The Morgan fingerprint density at radius 1 is 1.35 bits per heavy atom. The second-order valence-corrected chi connectivity index (χ2v) is 4.32. The molecule has 0 aromatic heterocycles. The summed E-state index contributed by atoms with van der Waals surface area (Å²) in [4.78, 5) is 20.3.